The third-order valence-corrected chi connectivity index (χ3v) is 5.57. The Morgan fingerprint density at radius 3 is 2.57 bits per heavy atom. The lowest BCUT2D eigenvalue weighted by atomic mass is 9.88. The van der Waals surface area contributed by atoms with E-state index < -0.39 is 21.8 Å². The van der Waals surface area contributed by atoms with Crippen molar-refractivity contribution in [3.05, 3.63) is 59.4 Å². The van der Waals surface area contributed by atoms with Gasteiger partial charge in [0.25, 0.3) is 5.91 Å². The third kappa shape index (κ3) is 6.38. The average molecular weight is 430 g/mol. The zero-order valence-electron chi connectivity index (χ0n) is 17.2. The van der Waals surface area contributed by atoms with E-state index in [9.17, 15) is 13.2 Å². The predicted octanol–water partition coefficient (Wildman–Crippen LogP) is 3.99. The molecule has 1 saturated carbocycles. The first-order chi connectivity index (χ1) is 14.3. The van der Waals surface area contributed by atoms with Gasteiger partial charge >= 0.3 is 0 Å². The van der Waals surface area contributed by atoms with Crippen molar-refractivity contribution in [1.29, 1.82) is 0 Å². The van der Waals surface area contributed by atoms with Crippen molar-refractivity contribution in [2.24, 2.45) is 0 Å². The number of carbonyl (C=O) groups excluding carboxylic acids is 1. The Kier molecular flexibility index (Phi) is 7.20. The van der Waals surface area contributed by atoms with Crippen LogP contribution in [0.2, 0.25) is 0 Å². The van der Waals surface area contributed by atoms with Crippen LogP contribution >= 0.6 is 0 Å². The van der Waals surface area contributed by atoms with Crippen LogP contribution in [-0.4, -0.2) is 36.6 Å². The summed E-state index contributed by atoms with van der Waals surface area (Å²) in [7, 11) is -3.27. The second-order valence-corrected chi connectivity index (χ2v) is 9.55. The number of benzene rings is 1. The fourth-order valence-electron chi connectivity index (χ4n) is 3.36. The second-order valence-electron chi connectivity index (χ2n) is 7.62. The lowest BCUT2D eigenvalue weighted by Gasteiger charge is -2.21. The van der Waals surface area contributed by atoms with Crippen molar-refractivity contribution >= 4 is 15.7 Å². The number of para-hydroxylation sites is 1. The zero-order chi connectivity index (χ0) is 21.6. The summed E-state index contributed by atoms with van der Waals surface area (Å²) in [6.07, 6.45) is 9.60. The number of hydrogen-bond acceptors (Lipinski definition) is 6. The van der Waals surface area contributed by atoms with Crippen LogP contribution in [0.3, 0.4) is 0 Å². The number of nitrogens with one attached hydrogen (secondary N) is 1. The zero-order valence-corrected chi connectivity index (χ0v) is 18.1. The molecule has 0 radical (unpaired) electrons. The number of amides is 1. The molecule has 1 aliphatic carbocycles. The van der Waals surface area contributed by atoms with E-state index in [1.165, 1.54) is 18.7 Å². The Morgan fingerprint density at radius 2 is 1.90 bits per heavy atom. The summed E-state index contributed by atoms with van der Waals surface area (Å²) in [6.45, 7) is 1.69. The van der Waals surface area contributed by atoms with E-state index >= 15 is 0 Å². The molecule has 8 heteroatoms. The van der Waals surface area contributed by atoms with Gasteiger partial charge in [0.2, 0.25) is 5.88 Å². The van der Waals surface area contributed by atoms with Crippen molar-refractivity contribution < 1.29 is 17.9 Å². The van der Waals surface area contributed by atoms with Gasteiger partial charge in [-0.2, -0.15) is 4.98 Å². The van der Waals surface area contributed by atoms with E-state index in [-0.39, 0.29) is 17.4 Å². The molecule has 0 spiro atoms. The van der Waals surface area contributed by atoms with E-state index in [2.05, 4.69) is 15.3 Å². The van der Waals surface area contributed by atoms with Crippen LogP contribution in [0.15, 0.2) is 48.0 Å². The number of aromatic nitrogens is 2. The quantitative estimate of drug-likeness (QED) is 0.714. The van der Waals surface area contributed by atoms with Gasteiger partial charge in [-0.25, -0.2) is 13.4 Å². The highest BCUT2D eigenvalue weighted by Gasteiger charge is 2.23. The molecule has 1 N–H and O–H groups in total. The van der Waals surface area contributed by atoms with E-state index in [1.54, 1.807) is 19.1 Å². The minimum Gasteiger partial charge on any atom is -0.438 e. The van der Waals surface area contributed by atoms with Gasteiger partial charge in [-0.1, -0.05) is 43.5 Å². The van der Waals surface area contributed by atoms with Crippen LogP contribution in [0.4, 0.5) is 0 Å². The molecular weight excluding hydrogens is 402 g/mol. The maximum absolute atomic E-state index is 12.8. The molecule has 30 heavy (non-hydrogen) atoms. The van der Waals surface area contributed by atoms with E-state index in [0.717, 1.165) is 37.3 Å². The molecule has 2 aromatic rings. The SMILES string of the molecule is CC(/C=C/S(C)(=O)=O)NC(=O)c1cnc(C2CCCCC2)nc1Oc1ccccc1. The van der Waals surface area contributed by atoms with Gasteiger partial charge in [-0.3, -0.25) is 4.79 Å². The number of carbonyl (C=O) groups is 1. The summed E-state index contributed by atoms with van der Waals surface area (Å²) in [5, 5.41) is 3.82. The molecule has 0 bridgehead atoms. The number of hydrogen-bond donors (Lipinski definition) is 1. The van der Waals surface area contributed by atoms with Gasteiger partial charge in [-0.15, -0.1) is 0 Å². The monoisotopic (exact) mass is 429 g/mol. The molecule has 1 aromatic heterocycles. The number of sulfone groups is 1. The Bertz CT molecular complexity index is 1000. The van der Waals surface area contributed by atoms with E-state index in [4.69, 9.17) is 4.74 Å². The van der Waals surface area contributed by atoms with Crippen molar-refractivity contribution in [3.63, 3.8) is 0 Å². The van der Waals surface area contributed by atoms with Crippen LogP contribution < -0.4 is 10.1 Å². The molecule has 7 nitrogen and oxygen atoms in total. The molecule has 160 valence electrons. The van der Waals surface area contributed by atoms with E-state index in [1.807, 2.05) is 18.2 Å². The maximum atomic E-state index is 12.8. The second kappa shape index (κ2) is 9.84. The first-order valence-electron chi connectivity index (χ1n) is 10.1. The Morgan fingerprint density at radius 1 is 1.20 bits per heavy atom. The highest BCUT2D eigenvalue weighted by atomic mass is 32.2. The van der Waals surface area contributed by atoms with Crippen LogP contribution in [0.25, 0.3) is 0 Å². The summed E-state index contributed by atoms with van der Waals surface area (Å²) in [5.74, 6) is 1.31. The first-order valence-corrected chi connectivity index (χ1v) is 12.1. The van der Waals surface area contributed by atoms with Crippen LogP contribution in [0.5, 0.6) is 11.6 Å². The Balaban J connectivity index is 1.85. The molecule has 1 unspecified atom stereocenters. The van der Waals surface area contributed by atoms with Crippen LogP contribution in [0, 0.1) is 0 Å². The van der Waals surface area contributed by atoms with Gasteiger partial charge in [0.15, 0.2) is 9.84 Å². The average Bonchev–Trinajstić information content (AvgIpc) is 2.73. The smallest absolute Gasteiger partial charge is 0.258 e. The third-order valence-electron chi connectivity index (χ3n) is 4.92. The number of ether oxygens (including phenoxy) is 1. The lowest BCUT2D eigenvalue weighted by Crippen LogP contribution is -2.32. The molecule has 0 saturated heterocycles. The maximum Gasteiger partial charge on any atom is 0.258 e. The predicted molar refractivity (Wildman–Crippen MR) is 115 cm³/mol. The Hall–Kier alpha value is -2.74. The number of nitrogens with zero attached hydrogens (tertiary/aromatic N) is 2. The lowest BCUT2D eigenvalue weighted by molar-refractivity contribution is 0.0943. The summed E-state index contributed by atoms with van der Waals surface area (Å²) >= 11 is 0. The molecule has 1 heterocycles. The van der Waals surface area contributed by atoms with Gasteiger partial charge in [0.05, 0.1) is 0 Å². The fourth-order valence-corrected chi connectivity index (χ4v) is 3.88. The molecule has 1 aromatic carbocycles. The normalized spacial score (nSPS) is 16.3. The van der Waals surface area contributed by atoms with Gasteiger partial charge in [0.1, 0.15) is 17.1 Å². The standard InChI is InChI=1S/C22H27N3O4S/c1-16(13-14-30(2,27)28)24-21(26)19-15-23-20(17-9-5-3-6-10-17)25-22(19)29-18-11-7-4-8-12-18/h4,7-8,11-17H,3,5-6,9-10H2,1-2H3,(H,24,26)/b14-13+. The molecule has 1 aliphatic rings. The van der Waals surface area contributed by atoms with Gasteiger partial charge in [0, 0.05) is 29.8 Å². The fraction of sp³-hybridized carbons (Fsp3) is 0.409. The largest absolute Gasteiger partial charge is 0.438 e. The molecule has 0 aliphatic heterocycles. The van der Waals surface area contributed by atoms with Crippen molar-refractivity contribution in [2.45, 2.75) is 51.0 Å². The molecule has 1 amide bonds. The molecule has 3 rings (SSSR count). The van der Waals surface area contributed by atoms with Crippen LogP contribution in [-0.2, 0) is 9.84 Å². The van der Waals surface area contributed by atoms with E-state index in [0.29, 0.717) is 11.6 Å². The minimum atomic E-state index is -3.27. The summed E-state index contributed by atoms with van der Waals surface area (Å²) < 4.78 is 28.5. The summed E-state index contributed by atoms with van der Waals surface area (Å²) in [4.78, 5) is 21.9. The Labute approximate surface area is 177 Å². The minimum absolute atomic E-state index is 0.202. The van der Waals surface area contributed by atoms with Gasteiger partial charge < -0.3 is 10.1 Å². The van der Waals surface area contributed by atoms with Crippen molar-refractivity contribution in [1.82, 2.24) is 15.3 Å². The summed E-state index contributed by atoms with van der Waals surface area (Å²) in [6, 6.07) is 8.66. The highest BCUT2D eigenvalue weighted by Crippen LogP contribution is 2.32. The molecular formula is C22H27N3O4S. The number of rotatable bonds is 7. The van der Waals surface area contributed by atoms with Crippen LogP contribution in [0.1, 0.15) is 61.1 Å². The topological polar surface area (TPSA) is 98.2 Å². The van der Waals surface area contributed by atoms with Gasteiger partial charge in [-0.05, 0) is 31.9 Å². The molecule has 1 atom stereocenters. The molecule has 1 fully saturated rings. The first kappa shape index (κ1) is 22.0. The summed E-state index contributed by atoms with van der Waals surface area (Å²) in [5.41, 5.74) is 0.206. The van der Waals surface area contributed by atoms with Crippen molar-refractivity contribution in [3.8, 4) is 11.6 Å². The highest BCUT2D eigenvalue weighted by molar-refractivity contribution is 7.93. The van der Waals surface area contributed by atoms with Crippen molar-refractivity contribution in [2.75, 3.05) is 6.26 Å².